The van der Waals surface area contributed by atoms with Gasteiger partial charge in [0.15, 0.2) is 5.82 Å². The van der Waals surface area contributed by atoms with Gasteiger partial charge in [-0.25, -0.2) is 4.98 Å². The summed E-state index contributed by atoms with van der Waals surface area (Å²) in [6.07, 6.45) is 5.50. The molecule has 4 nitrogen and oxygen atoms in total. The molecule has 0 N–H and O–H groups in total. The molecule has 1 aliphatic rings. The lowest BCUT2D eigenvalue weighted by atomic mass is 10.1. The Hall–Kier alpha value is -1.03. The SMILES string of the molecule is CC(C)Cn1ccnc(N2CCCC(Cl)C2)c1=O. The molecule has 1 aliphatic heterocycles. The Morgan fingerprint density at radius 3 is 3.00 bits per heavy atom. The second kappa shape index (κ2) is 5.74. The van der Waals surface area contributed by atoms with E-state index in [1.165, 1.54) is 0 Å². The molecule has 0 aliphatic carbocycles. The Bertz CT molecular complexity index is 458. The molecular formula is C13H20ClN3O. The molecule has 1 saturated heterocycles. The van der Waals surface area contributed by atoms with Gasteiger partial charge in [0.2, 0.25) is 0 Å². The minimum atomic E-state index is -0.00281. The van der Waals surface area contributed by atoms with Gasteiger partial charge in [-0.1, -0.05) is 13.8 Å². The summed E-state index contributed by atoms with van der Waals surface area (Å²) in [7, 11) is 0. The van der Waals surface area contributed by atoms with Crippen LogP contribution in [0.4, 0.5) is 5.82 Å². The minimum absolute atomic E-state index is 0.00281. The summed E-state index contributed by atoms with van der Waals surface area (Å²) in [4.78, 5) is 18.6. The number of piperidine rings is 1. The van der Waals surface area contributed by atoms with Gasteiger partial charge in [0.25, 0.3) is 5.56 Å². The zero-order chi connectivity index (χ0) is 13.1. The number of hydrogen-bond donors (Lipinski definition) is 0. The van der Waals surface area contributed by atoms with Crippen molar-refractivity contribution in [1.82, 2.24) is 9.55 Å². The second-order valence-corrected chi connectivity index (χ2v) is 5.90. The largest absolute Gasteiger partial charge is 0.351 e. The summed E-state index contributed by atoms with van der Waals surface area (Å²) in [5.74, 6) is 0.989. The first-order valence-corrected chi connectivity index (χ1v) is 6.96. The lowest BCUT2D eigenvalue weighted by molar-refractivity contribution is 0.504. The average molecular weight is 270 g/mol. The molecule has 2 rings (SSSR count). The van der Waals surface area contributed by atoms with E-state index in [2.05, 4.69) is 18.8 Å². The Morgan fingerprint density at radius 2 is 2.33 bits per heavy atom. The van der Waals surface area contributed by atoms with Gasteiger partial charge in [0.05, 0.1) is 5.38 Å². The van der Waals surface area contributed by atoms with E-state index in [4.69, 9.17) is 11.6 Å². The van der Waals surface area contributed by atoms with Crippen molar-refractivity contribution in [2.75, 3.05) is 18.0 Å². The summed E-state index contributed by atoms with van der Waals surface area (Å²) in [6, 6.07) is 0. The Balaban J connectivity index is 2.25. The average Bonchev–Trinajstić information content (AvgIpc) is 2.31. The smallest absolute Gasteiger partial charge is 0.293 e. The lowest BCUT2D eigenvalue weighted by Crippen LogP contribution is -2.41. The van der Waals surface area contributed by atoms with Gasteiger partial charge < -0.3 is 9.47 Å². The van der Waals surface area contributed by atoms with E-state index >= 15 is 0 Å². The van der Waals surface area contributed by atoms with Crippen LogP contribution < -0.4 is 10.5 Å². The number of rotatable bonds is 3. The summed E-state index contributed by atoms with van der Waals surface area (Å²) >= 11 is 6.16. The quantitative estimate of drug-likeness (QED) is 0.789. The van der Waals surface area contributed by atoms with Crippen LogP contribution >= 0.6 is 11.6 Å². The van der Waals surface area contributed by atoms with Crippen molar-refractivity contribution in [3.8, 4) is 0 Å². The Labute approximate surface area is 113 Å². The van der Waals surface area contributed by atoms with Crippen molar-refractivity contribution in [1.29, 1.82) is 0 Å². The van der Waals surface area contributed by atoms with Crippen LogP contribution in [0.15, 0.2) is 17.2 Å². The zero-order valence-corrected chi connectivity index (χ0v) is 11.7. The van der Waals surface area contributed by atoms with E-state index in [9.17, 15) is 4.79 Å². The van der Waals surface area contributed by atoms with Crippen LogP contribution in [0.1, 0.15) is 26.7 Å². The number of aromatic nitrogens is 2. The van der Waals surface area contributed by atoms with E-state index in [1.54, 1.807) is 17.0 Å². The molecule has 0 saturated carbocycles. The molecule has 0 radical (unpaired) electrons. The lowest BCUT2D eigenvalue weighted by Gasteiger charge is -2.30. The Morgan fingerprint density at radius 1 is 1.56 bits per heavy atom. The fraction of sp³-hybridized carbons (Fsp3) is 0.692. The highest BCUT2D eigenvalue weighted by Crippen LogP contribution is 2.18. The van der Waals surface area contributed by atoms with Crippen LogP contribution in [-0.2, 0) is 6.54 Å². The van der Waals surface area contributed by atoms with E-state index in [0.717, 1.165) is 32.5 Å². The van der Waals surface area contributed by atoms with E-state index in [1.807, 2.05) is 4.90 Å². The van der Waals surface area contributed by atoms with Crippen LogP contribution in [0.2, 0.25) is 0 Å². The fourth-order valence-corrected chi connectivity index (χ4v) is 2.63. The van der Waals surface area contributed by atoms with E-state index in [-0.39, 0.29) is 10.9 Å². The van der Waals surface area contributed by atoms with Gasteiger partial charge >= 0.3 is 0 Å². The molecule has 1 aromatic rings. The molecule has 1 atom stereocenters. The molecule has 0 bridgehead atoms. The van der Waals surface area contributed by atoms with Crippen molar-refractivity contribution >= 4 is 17.4 Å². The molecule has 1 fully saturated rings. The van der Waals surface area contributed by atoms with Gasteiger partial charge in [-0.2, -0.15) is 0 Å². The molecule has 0 spiro atoms. The molecule has 100 valence electrons. The topological polar surface area (TPSA) is 38.1 Å². The molecule has 0 amide bonds. The van der Waals surface area contributed by atoms with Crippen LogP contribution in [-0.4, -0.2) is 28.0 Å². The van der Waals surface area contributed by atoms with E-state index < -0.39 is 0 Å². The molecule has 1 unspecified atom stereocenters. The van der Waals surface area contributed by atoms with Crippen LogP contribution in [0, 0.1) is 5.92 Å². The highest BCUT2D eigenvalue weighted by molar-refractivity contribution is 6.21. The fourth-order valence-electron chi connectivity index (χ4n) is 2.31. The summed E-state index contributed by atoms with van der Waals surface area (Å²) in [5, 5.41) is 0.124. The maximum atomic E-state index is 12.3. The van der Waals surface area contributed by atoms with Crippen LogP contribution in [0.3, 0.4) is 0 Å². The first kappa shape index (κ1) is 13.4. The van der Waals surface area contributed by atoms with Crippen LogP contribution in [0.25, 0.3) is 0 Å². The predicted molar refractivity (Wildman–Crippen MR) is 74.4 cm³/mol. The number of anilines is 1. The first-order chi connectivity index (χ1) is 8.58. The maximum absolute atomic E-state index is 12.3. The number of nitrogens with zero attached hydrogens (tertiary/aromatic N) is 3. The zero-order valence-electron chi connectivity index (χ0n) is 11.0. The third-order valence-corrected chi connectivity index (χ3v) is 3.48. The third-order valence-electron chi connectivity index (χ3n) is 3.12. The normalized spacial score (nSPS) is 20.4. The number of alkyl halides is 1. The van der Waals surface area contributed by atoms with Crippen molar-refractivity contribution in [3.05, 3.63) is 22.7 Å². The molecule has 5 heteroatoms. The Kier molecular flexibility index (Phi) is 4.27. The van der Waals surface area contributed by atoms with Crippen molar-refractivity contribution in [3.63, 3.8) is 0 Å². The van der Waals surface area contributed by atoms with Gasteiger partial charge in [0.1, 0.15) is 0 Å². The van der Waals surface area contributed by atoms with Gasteiger partial charge in [-0.05, 0) is 18.8 Å². The monoisotopic (exact) mass is 269 g/mol. The standard InChI is InChI=1S/C13H20ClN3O/c1-10(2)8-17-7-5-15-12(13(17)18)16-6-3-4-11(14)9-16/h5,7,10-11H,3-4,6,8-9H2,1-2H3. The molecule has 2 heterocycles. The molecule has 18 heavy (non-hydrogen) atoms. The van der Waals surface area contributed by atoms with Gasteiger partial charge in [-0.15, -0.1) is 11.6 Å². The summed E-state index contributed by atoms with van der Waals surface area (Å²) in [5.41, 5.74) is -0.00281. The van der Waals surface area contributed by atoms with Crippen molar-refractivity contribution in [2.24, 2.45) is 5.92 Å². The third kappa shape index (κ3) is 3.05. The maximum Gasteiger partial charge on any atom is 0.293 e. The molecule has 0 aromatic carbocycles. The summed E-state index contributed by atoms with van der Waals surface area (Å²) < 4.78 is 1.74. The van der Waals surface area contributed by atoms with Gasteiger partial charge in [0, 0.05) is 32.0 Å². The highest BCUT2D eigenvalue weighted by atomic mass is 35.5. The minimum Gasteiger partial charge on any atom is -0.351 e. The van der Waals surface area contributed by atoms with Crippen molar-refractivity contribution in [2.45, 2.75) is 38.6 Å². The first-order valence-electron chi connectivity index (χ1n) is 6.52. The van der Waals surface area contributed by atoms with Crippen LogP contribution in [0.5, 0.6) is 0 Å². The molecular weight excluding hydrogens is 250 g/mol. The number of halogens is 1. The van der Waals surface area contributed by atoms with Crippen molar-refractivity contribution < 1.29 is 0 Å². The highest BCUT2D eigenvalue weighted by Gasteiger charge is 2.21. The predicted octanol–water partition coefficient (Wildman–Crippen LogP) is 2.11. The van der Waals surface area contributed by atoms with E-state index in [0.29, 0.717) is 11.7 Å². The number of hydrogen-bond acceptors (Lipinski definition) is 3. The molecule has 1 aromatic heterocycles. The van der Waals surface area contributed by atoms with Gasteiger partial charge in [-0.3, -0.25) is 4.79 Å². The summed E-state index contributed by atoms with van der Waals surface area (Å²) in [6.45, 7) is 6.52. The second-order valence-electron chi connectivity index (χ2n) is 5.29.